The van der Waals surface area contributed by atoms with Gasteiger partial charge >= 0.3 is 6.09 Å². The van der Waals surface area contributed by atoms with Gasteiger partial charge in [-0.1, -0.05) is 42.5 Å². The van der Waals surface area contributed by atoms with Crippen LogP contribution in [0.25, 0.3) is 11.1 Å². The molecule has 0 aromatic heterocycles. The lowest BCUT2D eigenvalue weighted by Crippen LogP contribution is -2.31. The Labute approximate surface area is 123 Å². The number of carbonyl (C=O) groups excluding carboxylic acids is 1. The van der Waals surface area contributed by atoms with Gasteiger partial charge in [-0.05, 0) is 30.2 Å². The maximum atomic E-state index is 12.0. The maximum absolute atomic E-state index is 12.0. The van der Waals surface area contributed by atoms with Gasteiger partial charge in [0.15, 0.2) is 0 Å². The summed E-state index contributed by atoms with van der Waals surface area (Å²) in [7, 11) is -3.91. The van der Waals surface area contributed by atoms with Gasteiger partial charge in [-0.25, -0.2) is 17.9 Å². The van der Waals surface area contributed by atoms with Crippen molar-refractivity contribution in [1.82, 2.24) is 4.72 Å². The van der Waals surface area contributed by atoms with Gasteiger partial charge in [-0.3, -0.25) is 0 Å². The van der Waals surface area contributed by atoms with Crippen LogP contribution in [0, 0.1) is 0 Å². The Bertz CT molecular complexity index is 709. The third-order valence-corrected chi connectivity index (χ3v) is 4.09. The van der Waals surface area contributed by atoms with Crippen LogP contribution in [-0.2, 0) is 14.8 Å². The minimum absolute atomic E-state index is 0.00948. The second-order valence-electron chi connectivity index (χ2n) is 4.22. The Morgan fingerprint density at radius 1 is 1.00 bits per heavy atom. The van der Waals surface area contributed by atoms with Crippen LogP contribution in [0.15, 0.2) is 59.5 Å². The average Bonchev–Trinajstić information content (AvgIpc) is 2.48. The highest BCUT2D eigenvalue weighted by molar-refractivity contribution is 7.90. The van der Waals surface area contributed by atoms with Crippen molar-refractivity contribution in [3.8, 4) is 11.1 Å². The number of carbonyl (C=O) groups is 1. The lowest BCUT2D eigenvalue weighted by atomic mass is 10.1. The maximum Gasteiger partial charge on any atom is 0.421 e. The van der Waals surface area contributed by atoms with Crippen LogP contribution in [0.3, 0.4) is 0 Å². The third kappa shape index (κ3) is 3.82. The molecule has 6 heteroatoms. The lowest BCUT2D eigenvalue weighted by molar-refractivity contribution is 0.158. The van der Waals surface area contributed by atoms with E-state index in [-0.39, 0.29) is 11.5 Å². The highest BCUT2D eigenvalue weighted by atomic mass is 32.2. The Hall–Kier alpha value is -2.34. The molecule has 1 amide bonds. The Kier molecular flexibility index (Phi) is 4.59. The van der Waals surface area contributed by atoms with Gasteiger partial charge in [0.25, 0.3) is 10.0 Å². The number of ether oxygens (including phenoxy) is 1. The minimum Gasteiger partial charge on any atom is -0.449 e. The molecule has 0 atom stereocenters. The van der Waals surface area contributed by atoms with E-state index in [1.807, 2.05) is 35.1 Å². The SMILES string of the molecule is CCOC(=O)NS(=O)(=O)c1ccc(-c2ccccc2)cc1. The van der Waals surface area contributed by atoms with E-state index in [4.69, 9.17) is 0 Å². The molecule has 5 nitrogen and oxygen atoms in total. The van der Waals surface area contributed by atoms with Gasteiger partial charge in [-0.15, -0.1) is 0 Å². The van der Waals surface area contributed by atoms with Gasteiger partial charge in [0.05, 0.1) is 11.5 Å². The van der Waals surface area contributed by atoms with Crippen LogP contribution in [0.4, 0.5) is 4.79 Å². The van der Waals surface area contributed by atoms with E-state index in [9.17, 15) is 13.2 Å². The van der Waals surface area contributed by atoms with Crippen LogP contribution >= 0.6 is 0 Å². The van der Waals surface area contributed by atoms with Gasteiger partial charge < -0.3 is 4.74 Å². The van der Waals surface area contributed by atoms with Crippen molar-refractivity contribution in [3.63, 3.8) is 0 Å². The van der Waals surface area contributed by atoms with Gasteiger partial charge in [0.1, 0.15) is 0 Å². The molecule has 0 saturated heterocycles. The molecule has 0 aliphatic rings. The third-order valence-electron chi connectivity index (χ3n) is 2.76. The van der Waals surface area contributed by atoms with E-state index in [1.54, 1.807) is 19.1 Å². The largest absolute Gasteiger partial charge is 0.449 e. The highest BCUT2D eigenvalue weighted by Crippen LogP contribution is 2.20. The topological polar surface area (TPSA) is 72.5 Å². The summed E-state index contributed by atoms with van der Waals surface area (Å²) >= 11 is 0. The van der Waals surface area contributed by atoms with Crippen LogP contribution in [0.5, 0.6) is 0 Å². The zero-order chi connectivity index (χ0) is 15.3. The summed E-state index contributed by atoms with van der Waals surface area (Å²) in [5.74, 6) is 0. The lowest BCUT2D eigenvalue weighted by Gasteiger charge is -2.07. The molecule has 0 aliphatic heterocycles. The second-order valence-corrected chi connectivity index (χ2v) is 5.90. The number of amides is 1. The summed E-state index contributed by atoms with van der Waals surface area (Å²) in [4.78, 5) is 11.2. The summed E-state index contributed by atoms with van der Waals surface area (Å²) < 4.78 is 30.3. The molecule has 0 aliphatic carbocycles. The second kappa shape index (κ2) is 6.41. The molecule has 0 unspecified atom stereocenters. The van der Waals surface area contributed by atoms with E-state index in [0.717, 1.165) is 11.1 Å². The fraction of sp³-hybridized carbons (Fsp3) is 0.133. The zero-order valence-corrected chi connectivity index (χ0v) is 12.3. The van der Waals surface area contributed by atoms with Crippen molar-refractivity contribution in [3.05, 3.63) is 54.6 Å². The molecule has 0 fully saturated rings. The molecule has 0 bridgehead atoms. The number of nitrogens with one attached hydrogen (secondary N) is 1. The molecule has 21 heavy (non-hydrogen) atoms. The summed E-state index contributed by atoms with van der Waals surface area (Å²) in [6.45, 7) is 1.70. The van der Waals surface area contributed by atoms with Gasteiger partial charge in [0.2, 0.25) is 0 Å². The smallest absolute Gasteiger partial charge is 0.421 e. The standard InChI is InChI=1S/C15H15NO4S/c1-2-20-15(17)16-21(18,19)14-10-8-13(9-11-14)12-6-4-3-5-7-12/h3-11H,2H2,1H3,(H,16,17). The van der Waals surface area contributed by atoms with Crippen LogP contribution < -0.4 is 4.72 Å². The first-order chi connectivity index (χ1) is 10.0. The van der Waals surface area contributed by atoms with Gasteiger partial charge in [0, 0.05) is 0 Å². The Morgan fingerprint density at radius 3 is 2.14 bits per heavy atom. The van der Waals surface area contributed by atoms with E-state index in [1.165, 1.54) is 12.1 Å². The molecular weight excluding hydrogens is 290 g/mol. The van der Waals surface area contributed by atoms with Crippen molar-refractivity contribution >= 4 is 16.1 Å². The van der Waals surface area contributed by atoms with Crippen molar-refractivity contribution in [2.24, 2.45) is 0 Å². The molecule has 0 heterocycles. The minimum atomic E-state index is -3.91. The molecule has 0 saturated carbocycles. The highest BCUT2D eigenvalue weighted by Gasteiger charge is 2.18. The predicted octanol–water partition coefficient (Wildman–Crippen LogP) is 2.79. The fourth-order valence-electron chi connectivity index (χ4n) is 1.79. The molecule has 110 valence electrons. The van der Waals surface area contributed by atoms with E-state index in [0.29, 0.717) is 0 Å². The van der Waals surface area contributed by atoms with Crippen LogP contribution in [0.2, 0.25) is 0 Å². The quantitative estimate of drug-likeness (QED) is 0.942. The predicted molar refractivity (Wildman–Crippen MR) is 79.2 cm³/mol. The Balaban J connectivity index is 2.21. The molecule has 2 aromatic carbocycles. The molecule has 1 N–H and O–H groups in total. The molecule has 0 spiro atoms. The number of sulfonamides is 1. The van der Waals surface area contributed by atoms with Crippen molar-refractivity contribution < 1.29 is 17.9 Å². The molecule has 2 aromatic rings. The van der Waals surface area contributed by atoms with E-state index < -0.39 is 16.1 Å². The molecular formula is C15H15NO4S. The summed E-state index contributed by atoms with van der Waals surface area (Å²) in [6.07, 6.45) is -0.982. The number of benzene rings is 2. The first-order valence-corrected chi connectivity index (χ1v) is 7.86. The van der Waals surface area contributed by atoms with E-state index in [2.05, 4.69) is 4.74 Å². The van der Waals surface area contributed by atoms with Crippen molar-refractivity contribution in [1.29, 1.82) is 0 Å². The molecule has 0 radical (unpaired) electrons. The fourth-order valence-corrected chi connectivity index (χ4v) is 2.68. The first-order valence-electron chi connectivity index (χ1n) is 6.38. The van der Waals surface area contributed by atoms with E-state index >= 15 is 0 Å². The number of hydrogen-bond donors (Lipinski definition) is 1. The number of rotatable bonds is 4. The molecule has 2 rings (SSSR count). The summed E-state index contributed by atoms with van der Waals surface area (Å²) in [6, 6.07) is 15.9. The summed E-state index contributed by atoms with van der Waals surface area (Å²) in [5, 5.41) is 0. The van der Waals surface area contributed by atoms with Crippen molar-refractivity contribution in [2.45, 2.75) is 11.8 Å². The first kappa shape index (κ1) is 15.1. The Morgan fingerprint density at radius 2 is 1.57 bits per heavy atom. The monoisotopic (exact) mass is 305 g/mol. The van der Waals surface area contributed by atoms with Crippen molar-refractivity contribution in [2.75, 3.05) is 6.61 Å². The summed E-state index contributed by atoms with van der Waals surface area (Å²) in [5.41, 5.74) is 1.88. The normalized spacial score (nSPS) is 10.9. The van der Waals surface area contributed by atoms with Crippen LogP contribution in [-0.4, -0.2) is 21.1 Å². The van der Waals surface area contributed by atoms with Crippen LogP contribution in [0.1, 0.15) is 6.92 Å². The average molecular weight is 305 g/mol. The number of hydrogen-bond acceptors (Lipinski definition) is 4. The van der Waals surface area contributed by atoms with Gasteiger partial charge in [-0.2, -0.15) is 0 Å². The zero-order valence-electron chi connectivity index (χ0n) is 11.4.